The van der Waals surface area contributed by atoms with Gasteiger partial charge in [0, 0.05) is 23.9 Å². The molecule has 0 saturated heterocycles. The molecule has 2 aromatic rings. The summed E-state index contributed by atoms with van der Waals surface area (Å²) in [5.74, 6) is 2.22. The van der Waals surface area contributed by atoms with Gasteiger partial charge in [-0.25, -0.2) is 0 Å². The van der Waals surface area contributed by atoms with Gasteiger partial charge in [-0.15, -0.1) is 21.5 Å². The molecule has 2 atom stereocenters. The summed E-state index contributed by atoms with van der Waals surface area (Å²) in [6.45, 7) is 3.25. The van der Waals surface area contributed by atoms with E-state index in [-0.39, 0.29) is 6.04 Å². The van der Waals surface area contributed by atoms with Crippen LogP contribution in [-0.2, 0) is 19.4 Å². The third-order valence-electron chi connectivity index (χ3n) is 4.56. The van der Waals surface area contributed by atoms with Crippen molar-refractivity contribution in [3.63, 3.8) is 0 Å². The number of aromatic nitrogens is 3. The Labute approximate surface area is 133 Å². The van der Waals surface area contributed by atoms with Crippen LogP contribution in [0, 0.1) is 0 Å². The molecule has 1 aliphatic heterocycles. The third kappa shape index (κ3) is 2.41. The topological polar surface area (TPSA) is 42.7 Å². The fourth-order valence-electron chi connectivity index (χ4n) is 3.56. The van der Waals surface area contributed by atoms with Gasteiger partial charge in [0.2, 0.25) is 0 Å². The van der Waals surface area contributed by atoms with Crippen molar-refractivity contribution < 1.29 is 0 Å². The summed E-state index contributed by atoms with van der Waals surface area (Å²) in [5, 5.41) is 12.4. The molecule has 3 heterocycles. The van der Waals surface area contributed by atoms with Crippen molar-refractivity contribution in [2.75, 3.05) is 0 Å². The van der Waals surface area contributed by atoms with Crippen LogP contribution in [0.4, 0.5) is 0 Å². The first kappa shape index (κ1) is 13.7. The maximum atomic E-state index is 6.19. The average Bonchev–Trinajstić information content (AvgIpc) is 3.11. The van der Waals surface area contributed by atoms with Crippen LogP contribution >= 0.6 is 22.9 Å². The van der Waals surface area contributed by atoms with E-state index >= 15 is 0 Å². The highest BCUT2D eigenvalue weighted by Gasteiger charge is 2.27. The largest absolute Gasteiger partial charge is 0.314 e. The van der Waals surface area contributed by atoms with Gasteiger partial charge in [0.05, 0.1) is 10.4 Å². The standard InChI is InChI=1S/C15H19ClN4S/c1-9(15-19-18-14-6-3-7-20(14)15)17-11-4-2-5-12-10(11)8-13(16)21-12/h8-9,11,17H,2-7H2,1H3. The van der Waals surface area contributed by atoms with Gasteiger partial charge in [-0.3, -0.25) is 0 Å². The lowest BCUT2D eigenvalue weighted by Crippen LogP contribution is -2.28. The van der Waals surface area contributed by atoms with Crippen LogP contribution < -0.4 is 5.32 Å². The number of nitrogens with one attached hydrogen (secondary N) is 1. The van der Waals surface area contributed by atoms with Gasteiger partial charge in [0.15, 0.2) is 0 Å². The van der Waals surface area contributed by atoms with Crippen LogP contribution in [0.3, 0.4) is 0 Å². The van der Waals surface area contributed by atoms with E-state index in [1.54, 1.807) is 11.3 Å². The number of halogens is 1. The predicted molar refractivity (Wildman–Crippen MR) is 84.9 cm³/mol. The molecule has 0 saturated carbocycles. The second-order valence-electron chi connectivity index (χ2n) is 5.99. The zero-order valence-corrected chi connectivity index (χ0v) is 13.7. The highest BCUT2D eigenvalue weighted by atomic mass is 35.5. The predicted octanol–water partition coefficient (Wildman–Crippen LogP) is 3.67. The summed E-state index contributed by atoms with van der Waals surface area (Å²) in [4.78, 5) is 1.45. The number of hydrogen-bond acceptors (Lipinski definition) is 4. The molecule has 1 N–H and O–H groups in total. The Morgan fingerprint density at radius 2 is 2.29 bits per heavy atom. The molecule has 6 heteroatoms. The summed E-state index contributed by atoms with van der Waals surface area (Å²) in [5.41, 5.74) is 1.39. The van der Waals surface area contributed by atoms with E-state index in [2.05, 4.69) is 33.1 Å². The Morgan fingerprint density at radius 3 is 3.19 bits per heavy atom. The van der Waals surface area contributed by atoms with Gasteiger partial charge in [-0.1, -0.05) is 11.6 Å². The van der Waals surface area contributed by atoms with E-state index in [1.165, 1.54) is 36.1 Å². The van der Waals surface area contributed by atoms with E-state index in [4.69, 9.17) is 11.6 Å². The normalized spacial score (nSPS) is 22.1. The summed E-state index contributed by atoms with van der Waals surface area (Å²) in [6, 6.07) is 2.75. The number of aryl methyl sites for hydroxylation is 2. The SMILES string of the molecule is CC(NC1CCCc2sc(Cl)cc21)c1nnc2n1CCC2. The van der Waals surface area contributed by atoms with Crippen LogP contribution in [0.15, 0.2) is 6.07 Å². The van der Waals surface area contributed by atoms with Gasteiger partial charge >= 0.3 is 0 Å². The molecule has 0 radical (unpaired) electrons. The van der Waals surface area contributed by atoms with Crippen molar-refractivity contribution in [2.45, 2.75) is 57.7 Å². The van der Waals surface area contributed by atoms with Gasteiger partial charge in [-0.2, -0.15) is 0 Å². The van der Waals surface area contributed by atoms with E-state index in [9.17, 15) is 0 Å². The van der Waals surface area contributed by atoms with Gasteiger partial charge in [-0.05, 0) is 44.2 Å². The Balaban J connectivity index is 1.56. The zero-order chi connectivity index (χ0) is 14.4. The lowest BCUT2D eigenvalue weighted by Gasteiger charge is -2.26. The van der Waals surface area contributed by atoms with Crippen molar-refractivity contribution in [1.29, 1.82) is 0 Å². The molecule has 1 aliphatic carbocycles. The molecule has 4 nitrogen and oxygen atoms in total. The first-order valence-electron chi connectivity index (χ1n) is 7.68. The fourth-order valence-corrected chi connectivity index (χ4v) is 4.95. The molecule has 4 rings (SSSR count). The van der Waals surface area contributed by atoms with E-state index in [1.807, 2.05) is 0 Å². The van der Waals surface area contributed by atoms with Gasteiger partial charge in [0.25, 0.3) is 0 Å². The van der Waals surface area contributed by atoms with Crippen molar-refractivity contribution in [3.8, 4) is 0 Å². The smallest absolute Gasteiger partial charge is 0.149 e. The second-order valence-corrected chi connectivity index (χ2v) is 7.76. The summed E-state index contributed by atoms with van der Waals surface area (Å²) in [7, 11) is 0. The van der Waals surface area contributed by atoms with Crippen LogP contribution in [-0.4, -0.2) is 14.8 Å². The number of nitrogens with zero attached hydrogens (tertiary/aromatic N) is 3. The first-order chi connectivity index (χ1) is 10.2. The van der Waals surface area contributed by atoms with Crippen LogP contribution in [0.5, 0.6) is 0 Å². The highest BCUT2D eigenvalue weighted by molar-refractivity contribution is 7.16. The minimum Gasteiger partial charge on any atom is -0.314 e. The minimum atomic E-state index is 0.221. The number of thiophene rings is 1. The quantitative estimate of drug-likeness (QED) is 0.937. The van der Waals surface area contributed by atoms with Crippen LogP contribution in [0.2, 0.25) is 4.34 Å². The second kappa shape index (κ2) is 5.38. The molecule has 0 bridgehead atoms. The number of hydrogen-bond donors (Lipinski definition) is 1. The molecule has 2 aliphatic rings. The van der Waals surface area contributed by atoms with Crippen molar-refractivity contribution in [1.82, 2.24) is 20.1 Å². The lowest BCUT2D eigenvalue weighted by molar-refractivity contribution is 0.400. The van der Waals surface area contributed by atoms with Crippen molar-refractivity contribution in [3.05, 3.63) is 32.5 Å². The minimum absolute atomic E-state index is 0.221. The molecule has 0 spiro atoms. The molecule has 21 heavy (non-hydrogen) atoms. The maximum absolute atomic E-state index is 6.19. The lowest BCUT2D eigenvalue weighted by atomic mass is 9.93. The molecule has 0 aromatic carbocycles. The monoisotopic (exact) mass is 322 g/mol. The molecule has 0 fully saturated rings. The molecular formula is C15H19ClN4S. The Morgan fingerprint density at radius 1 is 1.38 bits per heavy atom. The average molecular weight is 323 g/mol. The van der Waals surface area contributed by atoms with E-state index in [0.29, 0.717) is 6.04 Å². The van der Waals surface area contributed by atoms with Crippen molar-refractivity contribution >= 4 is 22.9 Å². The molecule has 2 unspecified atom stereocenters. The maximum Gasteiger partial charge on any atom is 0.149 e. The summed E-state index contributed by atoms with van der Waals surface area (Å²) >= 11 is 7.92. The zero-order valence-electron chi connectivity index (χ0n) is 12.1. The van der Waals surface area contributed by atoms with Crippen LogP contribution in [0.25, 0.3) is 0 Å². The van der Waals surface area contributed by atoms with Gasteiger partial charge in [0.1, 0.15) is 11.6 Å². The molecule has 112 valence electrons. The van der Waals surface area contributed by atoms with E-state index in [0.717, 1.165) is 29.0 Å². The van der Waals surface area contributed by atoms with Gasteiger partial charge < -0.3 is 9.88 Å². The van der Waals surface area contributed by atoms with E-state index < -0.39 is 0 Å². The number of fused-ring (bicyclic) bond motifs is 2. The van der Waals surface area contributed by atoms with Crippen molar-refractivity contribution in [2.24, 2.45) is 0 Å². The molecule has 0 amide bonds. The highest BCUT2D eigenvalue weighted by Crippen LogP contribution is 2.38. The number of rotatable bonds is 3. The third-order valence-corrected chi connectivity index (χ3v) is 5.90. The first-order valence-corrected chi connectivity index (χ1v) is 8.88. The Bertz CT molecular complexity index is 663. The Hall–Kier alpha value is -0.910. The molecular weight excluding hydrogens is 304 g/mol. The summed E-state index contributed by atoms with van der Waals surface area (Å²) < 4.78 is 3.19. The molecule has 2 aromatic heterocycles. The fraction of sp³-hybridized carbons (Fsp3) is 0.600. The Kier molecular flexibility index (Phi) is 3.52. The summed E-state index contributed by atoms with van der Waals surface area (Å²) in [6.07, 6.45) is 5.82. The van der Waals surface area contributed by atoms with Crippen LogP contribution in [0.1, 0.15) is 60.4 Å².